The van der Waals surface area contributed by atoms with Gasteiger partial charge in [0.05, 0.1) is 5.52 Å². The standard InChI is InChI=1S/C10H9BrN2O2/c1-2-13-9(10(14)15-11)7-5-3-4-6-8(7)12-13/h3-6H,2H2,1H3. The Bertz CT molecular complexity index is 507. The van der Waals surface area contributed by atoms with Crippen LogP contribution in [0, 0.1) is 0 Å². The Morgan fingerprint density at radius 1 is 1.53 bits per heavy atom. The lowest BCUT2D eigenvalue weighted by atomic mass is 10.2. The smallest absolute Gasteiger partial charge is 0.368 e. The van der Waals surface area contributed by atoms with E-state index in [-0.39, 0.29) is 0 Å². The van der Waals surface area contributed by atoms with E-state index in [9.17, 15) is 4.79 Å². The first-order valence-electron chi connectivity index (χ1n) is 4.56. The van der Waals surface area contributed by atoms with Gasteiger partial charge in [-0.05, 0) is 13.0 Å². The Morgan fingerprint density at radius 3 is 2.93 bits per heavy atom. The zero-order chi connectivity index (χ0) is 10.8. The number of nitrogens with zero attached hydrogens (tertiary/aromatic N) is 2. The van der Waals surface area contributed by atoms with Gasteiger partial charge in [-0.25, -0.2) is 4.79 Å². The molecule has 2 aromatic rings. The lowest BCUT2D eigenvalue weighted by molar-refractivity contribution is 0.0771. The minimum Gasteiger partial charge on any atom is -0.379 e. The predicted molar refractivity (Wildman–Crippen MR) is 59.7 cm³/mol. The quantitative estimate of drug-likeness (QED) is 0.841. The fourth-order valence-electron chi connectivity index (χ4n) is 1.56. The summed E-state index contributed by atoms with van der Waals surface area (Å²) in [5, 5.41) is 5.10. The lowest BCUT2D eigenvalue weighted by Gasteiger charge is -2.00. The van der Waals surface area contributed by atoms with E-state index in [1.807, 2.05) is 31.2 Å². The third-order valence-electron chi connectivity index (χ3n) is 2.21. The van der Waals surface area contributed by atoms with E-state index in [1.54, 1.807) is 4.68 Å². The maximum Gasteiger partial charge on any atom is 0.368 e. The molecule has 0 radical (unpaired) electrons. The van der Waals surface area contributed by atoms with Crippen molar-refractivity contribution in [3.05, 3.63) is 30.0 Å². The number of aromatic nitrogens is 2. The van der Waals surface area contributed by atoms with Gasteiger partial charge < -0.3 is 3.83 Å². The molecule has 1 aromatic carbocycles. The molecular weight excluding hydrogens is 260 g/mol. The molecule has 0 N–H and O–H groups in total. The molecule has 5 heteroatoms. The summed E-state index contributed by atoms with van der Waals surface area (Å²) in [6.07, 6.45) is 0. The molecule has 0 saturated heterocycles. The number of hydrogen-bond acceptors (Lipinski definition) is 3. The van der Waals surface area contributed by atoms with Gasteiger partial charge in [0.1, 0.15) is 0 Å². The van der Waals surface area contributed by atoms with Crippen LogP contribution < -0.4 is 0 Å². The molecule has 0 bridgehead atoms. The lowest BCUT2D eigenvalue weighted by Crippen LogP contribution is -2.09. The van der Waals surface area contributed by atoms with Crippen LogP contribution in [0.2, 0.25) is 0 Å². The average Bonchev–Trinajstić information content (AvgIpc) is 2.66. The summed E-state index contributed by atoms with van der Waals surface area (Å²) in [6, 6.07) is 7.48. The zero-order valence-electron chi connectivity index (χ0n) is 8.11. The SMILES string of the molecule is CCn1nc2ccccc2c1C(=O)OBr. The Hall–Kier alpha value is -1.36. The van der Waals surface area contributed by atoms with E-state index >= 15 is 0 Å². The minimum absolute atomic E-state index is 0.425. The topological polar surface area (TPSA) is 44.1 Å². The van der Waals surface area contributed by atoms with Gasteiger partial charge in [0, 0.05) is 11.9 Å². The van der Waals surface area contributed by atoms with Gasteiger partial charge >= 0.3 is 5.97 Å². The number of fused-ring (bicyclic) bond motifs is 1. The highest BCUT2D eigenvalue weighted by Crippen LogP contribution is 2.19. The molecule has 15 heavy (non-hydrogen) atoms. The maximum absolute atomic E-state index is 11.5. The van der Waals surface area contributed by atoms with E-state index in [2.05, 4.69) is 25.2 Å². The van der Waals surface area contributed by atoms with Gasteiger partial charge in [0.2, 0.25) is 0 Å². The summed E-state index contributed by atoms with van der Waals surface area (Å²) in [6.45, 7) is 2.56. The summed E-state index contributed by atoms with van der Waals surface area (Å²) in [4.78, 5) is 11.5. The summed E-state index contributed by atoms with van der Waals surface area (Å²) in [7, 11) is 0. The molecular formula is C10H9BrN2O2. The van der Waals surface area contributed by atoms with Crippen LogP contribution >= 0.6 is 16.3 Å². The fourth-order valence-corrected chi connectivity index (χ4v) is 1.71. The second kappa shape index (κ2) is 4.02. The van der Waals surface area contributed by atoms with Gasteiger partial charge in [0.15, 0.2) is 22.0 Å². The van der Waals surface area contributed by atoms with Crippen LogP contribution in [-0.4, -0.2) is 15.7 Å². The molecule has 0 aliphatic rings. The van der Waals surface area contributed by atoms with Gasteiger partial charge in [0.25, 0.3) is 0 Å². The number of rotatable bonds is 2. The highest BCUT2D eigenvalue weighted by atomic mass is 79.9. The Morgan fingerprint density at radius 2 is 2.27 bits per heavy atom. The highest BCUT2D eigenvalue weighted by molar-refractivity contribution is 9.06. The third kappa shape index (κ3) is 1.63. The monoisotopic (exact) mass is 268 g/mol. The first kappa shape index (κ1) is 10.2. The number of halogens is 1. The van der Waals surface area contributed by atoms with Crippen LogP contribution in [0.5, 0.6) is 0 Å². The molecule has 0 fully saturated rings. The van der Waals surface area contributed by atoms with Crippen molar-refractivity contribution >= 4 is 33.1 Å². The summed E-state index contributed by atoms with van der Waals surface area (Å²) in [5.74, 6) is -0.425. The number of aryl methyl sites for hydroxylation is 1. The normalized spacial score (nSPS) is 10.5. The van der Waals surface area contributed by atoms with E-state index in [0.29, 0.717) is 12.2 Å². The number of hydrogen-bond donors (Lipinski definition) is 0. The first-order valence-corrected chi connectivity index (χ1v) is 5.21. The van der Waals surface area contributed by atoms with Crippen molar-refractivity contribution in [2.75, 3.05) is 0 Å². The molecule has 0 atom stereocenters. The molecule has 4 nitrogen and oxygen atoms in total. The van der Waals surface area contributed by atoms with Crippen molar-refractivity contribution in [2.24, 2.45) is 0 Å². The van der Waals surface area contributed by atoms with Crippen molar-refractivity contribution in [2.45, 2.75) is 13.5 Å². The molecule has 0 amide bonds. The van der Waals surface area contributed by atoms with Gasteiger partial charge in [-0.15, -0.1) is 0 Å². The van der Waals surface area contributed by atoms with Crippen molar-refractivity contribution in [3.8, 4) is 0 Å². The van der Waals surface area contributed by atoms with Crippen LogP contribution in [0.15, 0.2) is 24.3 Å². The number of carbonyl (C=O) groups excluding carboxylic acids is 1. The number of benzene rings is 1. The Labute approximate surface area is 95.3 Å². The van der Waals surface area contributed by atoms with E-state index < -0.39 is 5.97 Å². The van der Waals surface area contributed by atoms with Crippen LogP contribution in [0.25, 0.3) is 10.9 Å². The Balaban J connectivity index is 2.72. The molecule has 0 aliphatic carbocycles. The van der Waals surface area contributed by atoms with Crippen molar-refractivity contribution in [1.29, 1.82) is 0 Å². The fraction of sp³-hybridized carbons (Fsp3) is 0.200. The summed E-state index contributed by atoms with van der Waals surface area (Å²) >= 11 is 2.69. The molecule has 1 heterocycles. The zero-order valence-corrected chi connectivity index (χ0v) is 9.69. The molecule has 0 unspecified atom stereocenters. The summed E-state index contributed by atoms with van der Waals surface area (Å²) in [5.41, 5.74) is 1.28. The van der Waals surface area contributed by atoms with Crippen molar-refractivity contribution in [1.82, 2.24) is 9.78 Å². The van der Waals surface area contributed by atoms with Crippen molar-refractivity contribution < 1.29 is 8.62 Å². The highest BCUT2D eigenvalue weighted by Gasteiger charge is 2.17. The van der Waals surface area contributed by atoms with E-state index in [4.69, 9.17) is 0 Å². The van der Waals surface area contributed by atoms with Crippen LogP contribution in [0.4, 0.5) is 0 Å². The predicted octanol–water partition coefficient (Wildman–Crippen LogP) is 2.52. The molecule has 0 aliphatic heterocycles. The average molecular weight is 269 g/mol. The van der Waals surface area contributed by atoms with Crippen LogP contribution in [0.1, 0.15) is 17.4 Å². The third-order valence-corrected chi connectivity index (χ3v) is 2.50. The second-order valence-corrected chi connectivity index (χ2v) is 3.37. The van der Waals surface area contributed by atoms with Gasteiger partial charge in [-0.1, -0.05) is 18.2 Å². The van der Waals surface area contributed by atoms with E-state index in [1.165, 1.54) is 0 Å². The van der Waals surface area contributed by atoms with Gasteiger partial charge in [-0.3, -0.25) is 4.68 Å². The molecule has 0 spiro atoms. The number of carbonyl (C=O) groups is 1. The molecule has 0 saturated carbocycles. The van der Waals surface area contributed by atoms with Crippen LogP contribution in [-0.2, 0) is 10.4 Å². The largest absolute Gasteiger partial charge is 0.379 e. The molecule has 1 aromatic heterocycles. The minimum atomic E-state index is -0.425. The maximum atomic E-state index is 11.5. The van der Waals surface area contributed by atoms with Crippen molar-refractivity contribution in [3.63, 3.8) is 0 Å². The first-order chi connectivity index (χ1) is 7.27. The van der Waals surface area contributed by atoms with Gasteiger partial charge in [-0.2, -0.15) is 5.10 Å². The molecule has 78 valence electrons. The van der Waals surface area contributed by atoms with E-state index in [0.717, 1.165) is 10.9 Å². The summed E-state index contributed by atoms with van der Waals surface area (Å²) < 4.78 is 6.19. The second-order valence-electron chi connectivity index (χ2n) is 3.05. The molecule has 2 rings (SSSR count). The van der Waals surface area contributed by atoms with Crippen LogP contribution in [0.3, 0.4) is 0 Å². The Kier molecular flexibility index (Phi) is 2.73.